The van der Waals surface area contributed by atoms with Crippen molar-refractivity contribution in [3.8, 4) is 0 Å². The Balaban J connectivity index is 2.50. The molecule has 6 heteroatoms. The first-order valence-corrected chi connectivity index (χ1v) is 3.95. The molecular formula is C8H8N4O2. The van der Waals surface area contributed by atoms with E-state index in [1.807, 2.05) is 0 Å². The van der Waals surface area contributed by atoms with Crippen molar-refractivity contribution in [1.82, 2.24) is 14.4 Å². The summed E-state index contributed by atoms with van der Waals surface area (Å²) in [6, 6.07) is 0.591. The van der Waals surface area contributed by atoms with Gasteiger partial charge in [-0.05, 0) is 6.07 Å². The maximum Gasteiger partial charge on any atom is 0.326 e. The van der Waals surface area contributed by atoms with Crippen molar-refractivity contribution in [2.45, 2.75) is 6.04 Å². The van der Waals surface area contributed by atoms with Crippen LogP contribution in [0.2, 0.25) is 0 Å². The van der Waals surface area contributed by atoms with E-state index in [2.05, 4.69) is 9.97 Å². The Morgan fingerprint density at radius 2 is 2.43 bits per heavy atom. The monoisotopic (exact) mass is 192 g/mol. The van der Waals surface area contributed by atoms with Gasteiger partial charge in [0.2, 0.25) is 0 Å². The third-order valence-electron chi connectivity index (χ3n) is 1.86. The van der Waals surface area contributed by atoms with Crippen LogP contribution in [0.15, 0.2) is 24.8 Å². The van der Waals surface area contributed by atoms with Gasteiger partial charge in [0.15, 0.2) is 0 Å². The summed E-state index contributed by atoms with van der Waals surface area (Å²) in [6.45, 7) is 0. The van der Waals surface area contributed by atoms with Crippen LogP contribution in [0.5, 0.6) is 0 Å². The van der Waals surface area contributed by atoms with Crippen LogP contribution in [0.4, 0.5) is 0 Å². The lowest BCUT2D eigenvalue weighted by molar-refractivity contribution is -0.138. The van der Waals surface area contributed by atoms with Gasteiger partial charge in [0, 0.05) is 12.4 Å². The molecule has 0 amide bonds. The summed E-state index contributed by atoms with van der Waals surface area (Å²) in [4.78, 5) is 18.5. The molecule has 2 aromatic heterocycles. The van der Waals surface area contributed by atoms with E-state index < -0.39 is 12.0 Å². The van der Waals surface area contributed by atoms with E-state index in [0.29, 0.717) is 11.3 Å². The van der Waals surface area contributed by atoms with Crippen LogP contribution >= 0.6 is 0 Å². The van der Waals surface area contributed by atoms with Gasteiger partial charge >= 0.3 is 5.97 Å². The maximum absolute atomic E-state index is 10.6. The largest absolute Gasteiger partial charge is 0.480 e. The number of hydrogen-bond acceptors (Lipinski definition) is 4. The van der Waals surface area contributed by atoms with Gasteiger partial charge in [0.05, 0.1) is 5.69 Å². The minimum absolute atomic E-state index is 0.325. The van der Waals surface area contributed by atoms with Crippen LogP contribution in [0.3, 0.4) is 0 Å². The van der Waals surface area contributed by atoms with Gasteiger partial charge in [-0.15, -0.1) is 0 Å². The molecule has 72 valence electrons. The molecule has 2 rings (SSSR count). The van der Waals surface area contributed by atoms with Gasteiger partial charge in [-0.25, -0.2) is 9.97 Å². The topological polar surface area (TPSA) is 93.5 Å². The van der Waals surface area contributed by atoms with E-state index in [0.717, 1.165) is 0 Å². The third-order valence-corrected chi connectivity index (χ3v) is 1.86. The SMILES string of the molecule is NC(C(=O)O)c1cn2cnccc2n1. The zero-order valence-electron chi connectivity index (χ0n) is 7.16. The number of imidazole rings is 1. The Labute approximate surface area is 79.0 Å². The van der Waals surface area contributed by atoms with Crippen molar-refractivity contribution < 1.29 is 9.90 Å². The van der Waals surface area contributed by atoms with E-state index in [1.165, 1.54) is 0 Å². The maximum atomic E-state index is 10.6. The fourth-order valence-corrected chi connectivity index (χ4v) is 1.14. The van der Waals surface area contributed by atoms with Gasteiger partial charge in [-0.3, -0.25) is 9.20 Å². The first-order valence-electron chi connectivity index (χ1n) is 3.95. The first kappa shape index (κ1) is 8.64. The summed E-state index contributed by atoms with van der Waals surface area (Å²) in [5.41, 5.74) is 6.36. The molecule has 0 spiro atoms. The molecule has 0 saturated carbocycles. The number of aliphatic carboxylic acids is 1. The van der Waals surface area contributed by atoms with Crippen molar-refractivity contribution in [2.75, 3.05) is 0 Å². The van der Waals surface area contributed by atoms with Crippen molar-refractivity contribution in [2.24, 2.45) is 5.73 Å². The molecule has 1 atom stereocenters. The van der Waals surface area contributed by atoms with E-state index in [4.69, 9.17) is 10.8 Å². The minimum atomic E-state index is -1.10. The highest BCUT2D eigenvalue weighted by atomic mass is 16.4. The van der Waals surface area contributed by atoms with Gasteiger partial charge in [-0.2, -0.15) is 0 Å². The van der Waals surface area contributed by atoms with E-state index in [1.54, 1.807) is 29.2 Å². The highest BCUT2D eigenvalue weighted by molar-refractivity contribution is 5.74. The van der Waals surface area contributed by atoms with E-state index in [9.17, 15) is 4.79 Å². The lowest BCUT2D eigenvalue weighted by Crippen LogP contribution is -2.20. The van der Waals surface area contributed by atoms with Crippen molar-refractivity contribution in [3.63, 3.8) is 0 Å². The molecule has 2 aromatic rings. The van der Waals surface area contributed by atoms with Crippen LogP contribution in [-0.2, 0) is 4.79 Å². The molecule has 3 N–H and O–H groups in total. The second-order valence-electron chi connectivity index (χ2n) is 2.83. The number of carboxylic acids is 1. The zero-order valence-corrected chi connectivity index (χ0v) is 7.16. The first-order chi connectivity index (χ1) is 6.68. The summed E-state index contributed by atoms with van der Waals surface area (Å²) < 4.78 is 1.62. The summed E-state index contributed by atoms with van der Waals surface area (Å²) in [6.07, 6.45) is 4.68. The molecule has 14 heavy (non-hydrogen) atoms. The highest BCUT2D eigenvalue weighted by Gasteiger charge is 2.17. The predicted molar refractivity (Wildman–Crippen MR) is 47.6 cm³/mol. The number of carboxylic acid groups (broad SMARTS) is 1. The predicted octanol–water partition coefficient (Wildman–Crippen LogP) is -0.186. The number of aromatic nitrogens is 3. The van der Waals surface area contributed by atoms with Gasteiger partial charge in [0.25, 0.3) is 0 Å². The van der Waals surface area contributed by atoms with Crippen LogP contribution in [0, 0.1) is 0 Å². The highest BCUT2D eigenvalue weighted by Crippen LogP contribution is 2.10. The Bertz CT molecular complexity index is 446. The van der Waals surface area contributed by atoms with Gasteiger partial charge in [-0.1, -0.05) is 0 Å². The van der Waals surface area contributed by atoms with E-state index >= 15 is 0 Å². The number of rotatable bonds is 2. The number of fused-ring (bicyclic) bond motifs is 1. The molecule has 0 aliphatic heterocycles. The molecular weight excluding hydrogens is 184 g/mol. The molecule has 2 heterocycles. The summed E-state index contributed by atoms with van der Waals surface area (Å²) >= 11 is 0. The summed E-state index contributed by atoms with van der Waals surface area (Å²) in [7, 11) is 0. The Morgan fingerprint density at radius 3 is 3.07 bits per heavy atom. The lowest BCUT2D eigenvalue weighted by atomic mass is 10.2. The summed E-state index contributed by atoms with van der Waals surface area (Å²) in [5, 5.41) is 8.67. The van der Waals surface area contributed by atoms with E-state index in [-0.39, 0.29) is 0 Å². The number of nitrogens with zero attached hydrogens (tertiary/aromatic N) is 3. The summed E-state index contributed by atoms with van der Waals surface area (Å²) in [5.74, 6) is -1.10. The molecule has 1 unspecified atom stereocenters. The minimum Gasteiger partial charge on any atom is -0.480 e. The Morgan fingerprint density at radius 1 is 1.64 bits per heavy atom. The second kappa shape index (κ2) is 3.08. The number of hydrogen-bond donors (Lipinski definition) is 2. The Hall–Kier alpha value is -1.95. The van der Waals surface area contributed by atoms with Crippen molar-refractivity contribution >= 4 is 11.6 Å². The standard InChI is InChI=1S/C8H8N4O2/c9-7(8(13)14)5-3-12-4-10-2-1-6(12)11-5/h1-4,7H,9H2,(H,13,14). The van der Waals surface area contributed by atoms with Crippen LogP contribution in [0.1, 0.15) is 11.7 Å². The quantitative estimate of drug-likeness (QED) is 0.688. The second-order valence-corrected chi connectivity index (χ2v) is 2.83. The molecule has 0 bridgehead atoms. The van der Waals surface area contributed by atoms with Gasteiger partial charge in [0.1, 0.15) is 18.0 Å². The molecule has 0 aliphatic rings. The molecule has 0 aliphatic carbocycles. The average Bonchev–Trinajstić information content (AvgIpc) is 2.59. The van der Waals surface area contributed by atoms with Crippen LogP contribution in [-0.4, -0.2) is 25.4 Å². The number of nitrogens with two attached hydrogens (primary N) is 1. The average molecular weight is 192 g/mol. The number of carbonyl (C=O) groups is 1. The molecule has 6 nitrogen and oxygen atoms in total. The van der Waals surface area contributed by atoms with Gasteiger partial charge < -0.3 is 10.8 Å². The molecule has 0 fully saturated rings. The fraction of sp³-hybridized carbons (Fsp3) is 0.125. The normalized spacial score (nSPS) is 12.9. The molecule has 0 saturated heterocycles. The van der Waals surface area contributed by atoms with Crippen molar-refractivity contribution in [1.29, 1.82) is 0 Å². The van der Waals surface area contributed by atoms with Crippen LogP contribution in [0.25, 0.3) is 5.65 Å². The van der Waals surface area contributed by atoms with Crippen LogP contribution < -0.4 is 5.73 Å². The molecule has 0 radical (unpaired) electrons. The lowest BCUT2D eigenvalue weighted by Gasteiger charge is -1.99. The third kappa shape index (κ3) is 1.31. The molecule has 0 aromatic carbocycles. The fourth-order valence-electron chi connectivity index (χ4n) is 1.14. The smallest absolute Gasteiger partial charge is 0.326 e. The zero-order chi connectivity index (χ0) is 10.1. The van der Waals surface area contributed by atoms with Crippen molar-refractivity contribution in [3.05, 3.63) is 30.5 Å². The Kier molecular flexibility index (Phi) is 1.90.